The largest absolute Gasteiger partial charge is 0.314 e. The molecular formula is C16H18NO. The van der Waals surface area contributed by atoms with Gasteiger partial charge in [-0.15, -0.1) is 0 Å². The second-order valence-electron chi connectivity index (χ2n) is 4.93. The van der Waals surface area contributed by atoms with Gasteiger partial charge in [0.2, 0.25) is 0 Å². The highest BCUT2D eigenvalue weighted by atomic mass is 16.5. The van der Waals surface area contributed by atoms with Crippen molar-refractivity contribution in [1.82, 2.24) is 5.06 Å². The van der Waals surface area contributed by atoms with Crippen molar-refractivity contribution < 1.29 is 5.21 Å². The minimum atomic E-state index is 0.226. The van der Waals surface area contributed by atoms with Crippen LogP contribution in [0.5, 0.6) is 0 Å². The Hall–Kier alpha value is -1.38. The standard InChI is InChI=1S/C16H18NO/c18-17-12-4-8-15(17)11-10-14-7-3-6-13-5-1-2-9-16(13)14/h1-3,5-9,15,18H,4,10-12H2. The summed E-state index contributed by atoms with van der Waals surface area (Å²) in [4.78, 5) is 0. The molecule has 0 saturated carbocycles. The lowest BCUT2D eigenvalue weighted by molar-refractivity contribution is -0.0990. The molecule has 1 radical (unpaired) electrons. The number of hydroxylamine groups is 2. The topological polar surface area (TPSA) is 23.5 Å². The lowest BCUT2D eigenvalue weighted by Crippen LogP contribution is -2.26. The van der Waals surface area contributed by atoms with Gasteiger partial charge in [0.1, 0.15) is 0 Å². The number of hydrogen-bond acceptors (Lipinski definition) is 2. The Morgan fingerprint density at radius 2 is 1.94 bits per heavy atom. The summed E-state index contributed by atoms with van der Waals surface area (Å²) in [6.45, 7) is 0.778. The third kappa shape index (κ3) is 2.26. The SMILES string of the molecule is ON1CC[CH]C1CCc1cccc2ccccc12. The smallest absolute Gasteiger partial charge is 0.0385 e. The Labute approximate surface area is 108 Å². The van der Waals surface area contributed by atoms with E-state index < -0.39 is 0 Å². The van der Waals surface area contributed by atoms with Crippen LogP contribution in [0.15, 0.2) is 42.5 Å². The van der Waals surface area contributed by atoms with Gasteiger partial charge in [-0.2, -0.15) is 5.06 Å². The van der Waals surface area contributed by atoms with Crippen molar-refractivity contribution in [2.24, 2.45) is 0 Å². The third-order valence-electron chi connectivity index (χ3n) is 3.77. The van der Waals surface area contributed by atoms with Crippen LogP contribution < -0.4 is 0 Å². The molecule has 1 heterocycles. The Morgan fingerprint density at radius 3 is 2.78 bits per heavy atom. The first-order chi connectivity index (χ1) is 8.84. The summed E-state index contributed by atoms with van der Waals surface area (Å²) in [5.74, 6) is 0. The zero-order chi connectivity index (χ0) is 12.4. The lowest BCUT2D eigenvalue weighted by Gasteiger charge is -2.17. The first-order valence-electron chi connectivity index (χ1n) is 6.60. The molecule has 93 valence electrons. The third-order valence-corrected chi connectivity index (χ3v) is 3.77. The van der Waals surface area contributed by atoms with E-state index in [1.165, 1.54) is 21.4 Å². The number of fused-ring (bicyclic) bond motifs is 1. The van der Waals surface area contributed by atoms with E-state index in [0.29, 0.717) is 0 Å². The summed E-state index contributed by atoms with van der Waals surface area (Å²) >= 11 is 0. The second kappa shape index (κ2) is 5.09. The first-order valence-corrected chi connectivity index (χ1v) is 6.60. The van der Waals surface area contributed by atoms with Crippen molar-refractivity contribution in [3.8, 4) is 0 Å². The summed E-state index contributed by atoms with van der Waals surface area (Å²) in [5, 5.41) is 13.8. The number of hydrogen-bond donors (Lipinski definition) is 1. The predicted octanol–water partition coefficient (Wildman–Crippen LogP) is 3.44. The van der Waals surface area contributed by atoms with E-state index in [1.54, 1.807) is 0 Å². The number of rotatable bonds is 3. The normalized spacial score (nSPS) is 20.6. The molecule has 1 N–H and O–H groups in total. The number of nitrogens with zero attached hydrogens (tertiary/aromatic N) is 1. The van der Waals surface area contributed by atoms with Crippen molar-refractivity contribution in [2.45, 2.75) is 25.3 Å². The van der Waals surface area contributed by atoms with Crippen molar-refractivity contribution in [2.75, 3.05) is 6.54 Å². The minimum Gasteiger partial charge on any atom is -0.314 e. The van der Waals surface area contributed by atoms with Crippen LogP contribution in [0.3, 0.4) is 0 Å². The van der Waals surface area contributed by atoms with Crippen LogP contribution >= 0.6 is 0 Å². The molecule has 2 heteroatoms. The van der Waals surface area contributed by atoms with Crippen LogP contribution in [0.2, 0.25) is 0 Å². The van der Waals surface area contributed by atoms with Gasteiger partial charge >= 0.3 is 0 Å². The second-order valence-corrected chi connectivity index (χ2v) is 4.93. The molecule has 1 saturated heterocycles. The van der Waals surface area contributed by atoms with Crippen LogP contribution in [-0.2, 0) is 6.42 Å². The van der Waals surface area contributed by atoms with Crippen molar-refractivity contribution in [3.05, 3.63) is 54.4 Å². The van der Waals surface area contributed by atoms with Gasteiger partial charge in [0, 0.05) is 12.6 Å². The fourth-order valence-corrected chi connectivity index (χ4v) is 2.77. The molecule has 1 atom stereocenters. The van der Waals surface area contributed by atoms with Gasteiger partial charge in [-0.1, -0.05) is 42.5 Å². The molecule has 1 aliphatic heterocycles. The first kappa shape index (κ1) is 11.7. The Morgan fingerprint density at radius 1 is 1.11 bits per heavy atom. The molecule has 0 bridgehead atoms. The fourth-order valence-electron chi connectivity index (χ4n) is 2.77. The van der Waals surface area contributed by atoms with Gasteiger partial charge in [0.05, 0.1) is 0 Å². The maximum atomic E-state index is 9.68. The molecule has 0 spiro atoms. The van der Waals surface area contributed by atoms with Crippen LogP contribution in [0, 0.1) is 6.42 Å². The number of benzene rings is 2. The maximum Gasteiger partial charge on any atom is 0.0385 e. The van der Waals surface area contributed by atoms with Gasteiger partial charge in [-0.25, -0.2) is 0 Å². The Kier molecular flexibility index (Phi) is 3.31. The molecule has 1 aliphatic rings. The van der Waals surface area contributed by atoms with Crippen molar-refractivity contribution in [1.29, 1.82) is 0 Å². The van der Waals surface area contributed by atoms with E-state index in [2.05, 4.69) is 48.9 Å². The quantitative estimate of drug-likeness (QED) is 0.888. The van der Waals surface area contributed by atoms with Crippen molar-refractivity contribution in [3.63, 3.8) is 0 Å². The van der Waals surface area contributed by atoms with Crippen LogP contribution in [0.1, 0.15) is 18.4 Å². The molecule has 1 fully saturated rings. The van der Waals surface area contributed by atoms with E-state index in [1.807, 2.05) is 0 Å². The Balaban J connectivity index is 1.78. The average molecular weight is 240 g/mol. The molecule has 2 nitrogen and oxygen atoms in total. The summed E-state index contributed by atoms with van der Waals surface area (Å²) in [6.07, 6.45) is 5.21. The molecule has 0 amide bonds. The van der Waals surface area contributed by atoms with Crippen LogP contribution in [-0.4, -0.2) is 22.9 Å². The molecule has 1 unspecified atom stereocenters. The van der Waals surface area contributed by atoms with Gasteiger partial charge in [-0.3, -0.25) is 0 Å². The molecular weight excluding hydrogens is 222 g/mol. The van der Waals surface area contributed by atoms with Crippen LogP contribution in [0.4, 0.5) is 0 Å². The van der Waals surface area contributed by atoms with E-state index in [9.17, 15) is 5.21 Å². The lowest BCUT2D eigenvalue weighted by atomic mass is 9.98. The van der Waals surface area contributed by atoms with Gasteiger partial charge in [0.25, 0.3) is 0 Å². The molecule has 2 aromatic carbocycles. The van der Waals surface area contributed by atoms with E-state index in [0.717, 1.165) is 25.8 Å². The molecule has 18 heavy (non-hydrogen) atoms. The highest BCUT2D eigenvalue weighted by molar-refractivity contribution is 5.85. The predicted molar refractivity (Wildman–Crippen MR) is 73.5 cm³/mol. The summed E-state index contributed by atoms with van der Waals surface area (Å²) in [7, 11) is 0. The summed E-state index contributed by atoms with van der Waals surface area (Å²) in [6, 6.07) is 15.2. The summed E-state index contributed by atoms with van der Waals surface area (Å²) in [5.41, 5.74) is 1.38. The molecule has 3 rings (SSSR count). The number of aryl methyl sites for hydroxylation is 1. The van der Waals surface area contributed by atoms with E-state index in [4.69, 9.17) is 0 Å². The fraction of sp³-hybridized carbons (Fsp3) is 0.312. The molecule has 0 aliphatic carbocycles. The van der Waals surface area contributed by atoms with Gasteiger partial charge in [0.15, 0.2) is 0 Å². The van der Waals surface area contributed by atoms with Crippen LogP contribution in [0.25, 0.3) is 10.8 Å². The monoisotopic (exact) mass is 240 g/mol. The van der Waals surface area contributed by atoms with Gasteiger partial charge in [-0.05, 0) is 42.0 Å². The average Bonchev–Trinajstić information content (AvgIpc) is 2.82. The molecule has 0 aromatic heterocycles. The van der Waals surface area contributed by atoms with Crippen molar-refractivity contribution >= 4 is 10.8 Å². The zero-order valence-corrected chi connectivity index (χ0v) is 10.4. The zero-order valence-electron chi connectivity index (χ0n) is 10.4. The highest BCUT2D eigenvalue weighted by Crippen LogP contribution is 2.23. The summed E-state index contributed by atoms with van der Waals surface area (Å²) < 4.78 is 0. The minimum absolute atomic E-state index is 0.226. The highest BCUT2D eigenvalue weighted by Gasteiger charge is 2.22. The molecule has 2 aromatic rings. The Bertz CT molecular complexity index is 532. The van der Waals surface area contributed by atoms with E-state index in [-0.39, 0.29) is 6.04 Å². The van der Waals surface area contributed by atoms with E-state index >= 15 is 0 Å². The van der Waals surface area contributed by atoms with Gasteiger partial charge < -0.3 is 5.21 Å². The maximum absolute atomic E-state index is 9.68.